The van der Waals surface area contributed by atoms with Crippen LogP contribution < -0.4 is 0 Å². The first kappa shape index (κ1) is 16.0. The Hall–Kier alpha value is -2.47. The van der Waals surface area contributed by atoms with Gasteiger partial charge in [0, 0.05) is 43.0 Å². The summed E-state index contributed by atoms with van der Waals surface area (Å²) in [5.41, 5.74) is 1.92. The summed E-state index contributed by atoms with van der Waals surface area (Å²) in [6, 6.07) is 7.93. The van der Waals surface area contributed by atoms with Crippen molar-refractivity contribution in [2.24, 2.45) is 5.92 Å². The molecule has 1 saturated heterocycles. The number of likely N-dealkylation sites (tertiary alicyclic amines) is 1. The third-order valence-corrected chi connectivity index (χ3v) is 4.95. The summed E-state index contributed by atoms with van der Waals surface area (Å²) in [6.07, 6.45) is 11.1. The molecule has 1 aliphatic rings. The third-order valence-electron chi connectivity index (χ3n) is 4.95. The zero-order valence-corrected chi connectivity index (χ0v) is 14.3. The van der Waals surface area contributed by atoms with Crippen LogP contribution in [0.15, 0.2) is 53.6 Å². The van der Waals surface area contributed by atoms with Crippen molar-refractivity contribution in [3.63, 3.8) is 0 Å². The highest BCUT2D eigenvalue weighted by molar-refractivity contribution is 5.57. The standard InChI is InChI=1S/C19H23N5O/c1-7-21-24(10-1)13-6-16-4-11-23(12-5-16)15-18-14-19(22-25-18)17-2-8-20-9-3-17/h1-3,7-10,14,16H,4-6,11-13,15H2. The Bertz CT molecular complexity index is 760. The second-order valence-electron chi connectivity index (χ2n) is 6.69. The maximum Gasteiger partial charge on any atom is 0.151 e. The van der Waals surface area contributed by atoms with Gasteiger partial charge < -0.3 is 4.52 Å². The zero-order valence-electron chi connectivity index (χ0n) is 14.3. The Morgan fingerprint density at radius 2 is 1.96 bits per heavy atom. The van der Waals surface area contributed by atoms with Crippen LogP contribution >= 0.6 is 0 Å². The molecule has 4 heterocycles. The van der Waals surface area contributed by atoms with Crippen LogP contribution in [0.3, 0.4) is 0 Å². The van der Waals surface area contributed by atoms with E-state index in [0.717, 1.165) is 49.1 Å². The van der Waals surface area contributed by atoms with E-state index in [1.165, 1.54) is 19.3 Å². The van der Waals surface area contributed by atoms with Gasteiger partial charge in [-0.05, 0) is 56.5 Å². The van der Waals surface area contributed by atoms with Crippen LogP contribution in [0.2, 0.25) is 0 Å². The smallest absolute Gasteiger partial charge is 0.151 e. The molecule has 25 heavy (non-hydrogen) atoms. The topological polar surface area (TPSA) is 60.0 Å². The van der Waals surface area contributed by atoms with Gasteiger partial charge in [-0.25, -0.2) is 0 Å². The van der Waals surface area contributed by atoms with Gasteiger partial charge in [-0.15, -0.1) is 0 Å². The van der Waals surface area contributed by atoms with Crippen LogP contribution in [0.1, 0.15) is 25.0 Å². The Balaban J connectivity index is 1.25. The van der Waals surface area contributed by atoms with Crippen LogP contribution in [0, 0.1) is 5.92 Å². The van der Waals surface area contributed by atoms with Crippen LogP contribution in [-0.4, -0.2) is 37.9 Å². The molecule has 0 bridgehead atoms. The minimum absolute atomic E-state index is 0.794. The SMILES string of the molecule is c1cnn(CCC2CCN(Cc3cc(-c4ccncc4)no3)CC2)c1. The molecule has 0 amide bonds. The van der Waals surface area contributed by atoms with Crippen LogP contribution in [0.4, 0.5) is 0 Å². The van der Waals surface area contributed by atoms with Crippen molar-refractivity contribution in [2.45, 2.75) is 32.4 Å². The molecular weight excluding hydrogens is 314 g/mol. The summed E-state index contributed by atoms with van der Waals surface area (Å²) in [5, 5.41) is 8.47. The van der Waals surface area contributed by atoms with Crippen molar-refractivity contribution < 1.29 is 4.52 Å². The quantitative estimate of drug-likeness (QED) is 0.691. The molecule has 0 N–H and O–H groups in total. The Morgan fingerprint density at radius 1 is 1.12 bits per heavy atom. The summed E-state index contributed by atoms with van der Waals surface area (Å²) in [7, 11) is 0. The van der Waals surface area contributed by atoms with Crippen molar-refractivity contribution >= 4 is 0 Å². The molecule has 6 nitrogen and oxygen atoms in total. The van der Waals surface area contributed by atoms with Gasteiger partial charge in [-0.1, -0.05) is 5.16 Å². The fraction of sp³-hybridized carbons (Fsp3) is 0.421. The summed E-state index contributed by atoms with van der Waals surface area (Å²) in [6.45, 7) is 4.10. The molecule has 0 radical (unpaired) electrons. The van der Waals surface area contributed by atoms with Gasteiger partial charge in [0.05, 0.1) is 6.54 Å². The minimum atomic E-state index is 0.794. The summed E-state index contributed by atoms with van der Waals surface area (Å²) in [4.78, 5) is 6.50. The van der Waals surface area contributed by atoms with E-state index < -0.39 is 0 Å². The zero-order chi connectivity index (χ0) is 16.9. The van der Waals surface area contributed by atoms with Crippen molar-refractivity contribution in [3.8, 4) is 11.3 Å². The van der Waals surface area contributed by atoms with Gasteiger partial charge in [0.2, 0.25) is 0 Å². The van der Waals surface area contributed by atoms with Crippen LogP contribution in [0.25, 0.3) is 11.3 Å². The average molecular weight is 337 g/mol. The Kier molecular flexibility index (Phi) is 4.88. The predicted molar refractivity (Wildman–Crippen MR) is 94.6 cm³/mol. The van der Waals surface area contributed by atoms with Crippen molar-refractivity contribution in [3.05, 3.63) is 54.8 Å². The van der Waals surface area contributed by atoms with Crippen LogP contribution in [0.5, 0.6) is 0 Å². The highest BCUT2D eigenvalue weighted by Gasteiger charge is 2.20. The Labute approximate surface area is 147 Å². The normalized spacial score (nSPS) is 16.3. The lowest BCUT2D eigenvalue weighted by Crippen LogP contribution is -2.33. The molecule has 0 spiro atoms. The number of rotatable bonds is 6. The molecule has 130 valence electrons. The lowest BCUT2D eigenvalue weighted by molar-refractivity contribution is 0.154. The first-order chi connectivity index (χ1) is 12.4. The predicted octanol–water partition coefficient (Wildman–Crippen LogP) is 3.24. The van der Waals surface area contributed by atoms with Gasteiger partial charge in [0.25, 0.3) is 0 Å². The minimum Gasteiger partial charge on any atom is -0.359 e. The van der Waals surface area contributed by atoms with Gasteiger partial charge in [0.1, 0.15) is 5.69 Å². The number of aryl methyl sites for hydroxylation is 1. The summed E-state index contributed by atoms with van der Waals surface area (Å²) in [5.74, 6) is 1.73. The second kappa shape index (κ2) is 7.61. The molecule has 0 unspecified atom stereocenters. The second-order valence-corrected chi connectivity index (χ2v) is 6.69. The fourth-order valence-corrected chi connectivity index (χ4v) is 3.45. The number of hydrogen-bond acceptors (Lipinski definition) is 5. The molecule has 4 rings (SSSR count). The maximum absolute atomic E-state index is 5.52. The maximum atomic E-state index is 5.52. The molecule has 1 aliphatic heterocycles. The molecule has 6 heteroatoms. The average Bonchev–Trinajstić information content (AvgIpc) is 3.34. The molecular formula is C19H23N5O. The number of hydrogen-bond donors (Lipinski definition) is 0. The lowest BCUT2D eigenvalue weighted by atomic mass is 9.93. The molecule has 0 atom stereocenters. The van der Waals surface area contributed by atoms with E-state index in [1.54, 1.807) is 12.4 Å². The van der Waals surface area contributed by atoms with Crippen LogP contribution in [-0.2, 0) is 13.1 Å². The van der Waals surface area contributed by atoms with Gasteiger partial charge in [0.15, 0.2) is 5.76 Å². The van der Waals surface area contributed by atoms with E-state index in [-0.39, 0.29) is 0 Å². The third kappa shape index (κ3) is 4.14. The molecule has 1 fully saturated rings. The van der Waals surface area contributed by atoms with Crippen molar-refractivity contribution in [1.82, 2.24) is 24.8 Å². The number of aromatic nitrogens is 4. The van der Waals surface area contributed by atoms with Gasteiger partial charge in [-0.3, -0.25) is 14.6 Å². The fourth-order valence-electron chi connectivity index (χ4n) is 3.45. The van der Waals surface area contributed by atoms with E-state index in [1.807, 2.05) is 41.3 Å². The van der Waals surface area contributed by atoms with E-state index >= 15 is 0 Å². The van der Waals surface area contributed by atoms with Crippen molar-refractivity contribution in [1.29, 1.82) is 0 Å². The molecule has 0 saturated carbocycles. The lowest BCUT2D eigenvalue weighted by Gasteiger charge is -2.31. The first-order valence-electron chi connectivity index (χ1n) is 8.92. The summed E-state index contributed by atoms with van der Waals surface area (Å²) < 4.78 is 7.55. The first-order valence-corrected chi connectivity index (χ1v) is 8.92. The van der Waals surface area contributed by atoms with E-state index in [0.29, 0.717) is 0 Å². The Morgan fingerprint density at radius 3 is 2.72 bits per heavy atom. The monoisotopic (exact) mass is 337 g/mol. The van der Waals surface area contributed by atoms with Crippen molar-refractivity contribution in [2.75, 3.05) is 13.1 Å². The highest BCUT2D eigenvalue weighted by atomic mass is 16.5. The number of piperidine rings is 1. The molecule has 3 aromatic rings. The molecule has 0 aliphatic carbocycles. The van der Waals surface area contributed by atoms with E-state index in [9.17, 15) is 0 Å². The van der Waals surface area contributed by atoms with Gasteiger partial charge in [-0.2, -0.15) is 5.10 Å². The molecule has 3 aromatic heterocycles. The largest absolute Gasteiger partial charge is 0.359 e. The van der Waals surface area contributed by atoms with Gasteiger partial charge >= 0.3 is 0 Å². The van der Waals surface area contributed by atoms with E-state index in [4.69, 9.17) is 4.52 Å². The summed E-state index contributed by atoms with van der Waals surface area (Å²) >= 11 is 0. The highest BCUT2D eigenvalue weighted by Crippen LogP contribution is 2.24. The van der Waals surface area contributed by atoms with E-state index in [2.05, 4.69) is 20.1 Å². The number of nitrogens with zero attached hydrogens (tertiary/aromatic N) is 5. The molecule has 0 aromatic carbocycles. The number of pyridine rings is 1.